The first-order chi connectivity index (χ1) is 18.1. The summed E-state index contributed by atoms with van der Waals surface area (Å²) < 4.78 is 100. The Kier molecular flexibility index (Phi) is 6.96. The number of piperidine rings is 1. The summed E-state index contributed by atoms with van der Waals surface area (Å²) in [5, 5.41) is 3.57. The highest BCUT2D eigenvalue weighted by atomic mass is 32.2. The van der Waals surface area contributed by atoms with Crippen molar-refractivity contribution in [2.24, 2.45) is 0 Å². The molecule has 0 radical (unpaired) electrons. The number of rotatable bonds is 6. The normalized spacial score (nSPS) is 20.7. The second kappa shape index (κ2) is 10.1. The zero-order valence-electron chi connectivity index (χ0n) is 20.1. The average molecular weight is 557 g/mol. The van der Waals surface area contributed by atoms with Crippen molar-refractivity contribution < 1.29 is 40.0 Å². The van der Waals surface area contributed by atoms with Crippen LogP contribution >= 0.6 is 0 Å². The Morgan fingerprint density at radius 1 is 1.16 bits per heavy atom. The van der Waals surface area contributed by atoms with Gasteiger partial charge >= 0.3 is 16.4 Å². The predicted octanol–water partition coefficient (Wildman–Crippen LogP) is 4.14. The molecule has 1 aromatic heterocycles. The van der Waals surface area contributed by atoms with E-state index in [0.717, 1.165) is 12.1 Å². The molecule has 3 heterocycles. The molecule has 0 unspecified atom stereocenters. The lowest BCUT2D eigenvalue weighted by molar-refractivity contribution is -0.137. The van der Waals surface area contributed by atoms with Crippen LogP contribution in [0.15, 0.2) is 53.3 Å². The van der Waals surface area contributed by atoms with Crippen molar-refractivity contribution in [1.82, 2.24) is 9.46 Å². The molecule has 2 aromatic carbocycles. The summed E-state index contributed by atoms with van der Waals surface area (Å²) in [5.41, 5.74) is -0.425. The van der Waals surface area contributed by atoms with Crippen LogP contribution in [0.25, 0.3) is 11.1 Å². The number of hydrogen-bond acceptors (Lipinski definition) is 7. The van der Waals surface area contributed by atoms with Crippen molar-refractivity contribution in [3.05, 3.63) is 60.1 Å². The summed E-state index contributed by atoms with van der Waals surface area (Å²) >= 11 is 0. The maximum absolute atomic E-state index is 15.4. The van der Waals surface area contributed by atoms with Gasteiger partial charge in [-0.3, -0.25) is 4.72 Å². The van der Waals surface area contributed by atoms with Crippen LogP contribution in [0.3, 0.4) is 0 Å². The van der Waals surface area contributed by atoms with Crippen LogP contribution < -0.4 is 14.4 Å². The molecule has 3 aromatic rings. The molecule has 2 fully saturated rings. The summed E-state index contributed by atoms with van der Waals surface area (Å²) in [7, 11) is -2.51. The first-order valence-corrected chi connectivity index (χ1v) is 13.1. The second-order valence-corrected chi connectivity index (χ2v) is 10.6. The predicted molar refractivity (Wildman–Crippen MR) is 129 cm³/mol. The summed E-state index contributed by atoms with van der Waals surface area (Å²) in [6.07, 6.45) is -3.45. The molecule has 2 atom stereocenters. The van der Waals surface area contributed by atoms with Gasteiger partial charge in [0.1, 0.15) is 17.8 Å². The van der Waals surface area contributed by atoms with Crippen molar-refractivity contribution in [3.8, 4) is 16.9 Å². The number of ether oxygens (including phenoxy) is 2. The second-order valence-electron chi connectivity index (χ2n) is 8.89. The van der Waals surface area contributed by atoms with Crippen molar-refractivity contribution in [2.45, 2.75) is 24.7 Å². The average Bonchev–Trinajstić information content (AvgIpc) is 3.40. The van der Waals surface area contributed by atoms with Crippen LogP contribution in [-0.4, -0.2) is 63.4 Å². The van der Waals surface area contributed by atoms with E-state index in [2.05, 4.69) is 14.4 Å². The molecule has 204 valence electrons. The monoisotopic (exact) mass is 556 g/mol. The largest absolute Gasteiger partial charge is 0.495 e. The fraction of sp³-hybridized carbons (Fsp3) is 0.375. The Morgan fingerprint density at radius 3 is 2.68 bits per heavy atom. The fourth-order valence-electron chi connectivity index (χ4n) is 4.86. The number of aromatic nitrogens is 1. The van der Waals surface area contributed by atoms with Crippen LogP contribution in [0.5, 0.6) is 5.75 Å². The number of alkyl halides is 3. The van der Waals surface area contributed by atoms with E-state index in [0.29, 0.717) is 18.7 Å². The third-order valence-electron chi connectivity index (χ3n) is 6.64. The van der Waals surface area contributed by atoms with E-state index in [1.165, 1.54) is 48.0 Å². The number of anilines is 2. The molecule has 0 spiro atoms. The van der Waals surface area contributed by atoms with E-state index in [-0.39, 0.29) is 48.4 Å². The molecule has 2 aliphatic rings. The number of methoxy groups -OCH3 is 1. The molecule has 0 bridgehead atoms. The Morgan fingerprint density at radius 2 is 1.97 bits per heavy atom. The van der Waals surface area contributed by atoms with Gasteiger partial charge in [-0.2, -0.15) is 25.9 Å². The van der Waals surface area contributed by atoms with Gasteiger partial charge in [0.05, 0.1) is 37.1 Å². The number of fused-ring (bicyclic) bond motifs is 1. The molecule has 2 saturated heterocycles. The van der Waals surface area contributed by atoms with Gasteiger partial charge in [0.2, 0.25) is 0 Å². The first kappa shape index (κ1) is 26.3. The molecule has 9 nitrogen and oxygen atoms in total. The maximum atomic E-state index is 15.4. The molecule has 1 N–H and O–H groups in total. The Labute approximate surface area is 216 Å². The zero-order chi connectivity index (χ0) is 27.1. The molecule has 5 rings (SSSR count). The third kappa shape index (κ3) is 5.15. The van der Waals surface area contributed by atoms with Gasteiger partial charge in [-0.1, -0.05) is 17.3 Å². The first-order valence-electron chi connectivity index (χ1n) is 11.7. The van der Waals surface area contributed by atoms with Crippen LogP contribution in [0.4, 0.5) is 29.1 Å². The minimum Gasteiger partial charge on any atom is -0.495 e. The van der Waals surface area contributed by atoms with E-state index in [9.17, 15) is 21.6 Å². The molecular formula is C24H24F4N4O5S. The molecule has 2 aliphatic heterocycles. The minimum absolute atomic E-state index is 0.0265. The van der Waals surface area contributed by atoms with E-state index in [1.54, 1.807) is 0 Å². The summed E-state index contributed by atoms with van der Waals surface area (Å²) in [6.45, 7) is 0.874. The molecular weight excluding hydrogens is 532 g/mol. The lowest BCUT2D eigenvalue weighted by Crippen LogP contribution is -2.60. The lowest BCUT2D eigenvalue weighted by atomic mass is 9.97. The maximum Gasteiger partial charge on any atom is 0.416 e. The van der Waals surface area contributed by atoms with Crippen molar-refractivity contribution >= 4 is 21.7 Å². The number of nitrogens with one attached hydrogen (secondary N) is 1. The molecule has 38 heavy (non-hydrogen) atoms. The van der Waals surface area contributed by atoms with Gasteiger partial charge < -0.3 is 18.9 Å². The smallest absolute Gasteiger partial charge is 0.416 e. The van der Waals surface area contributed by atoms with Gasteiger partial charge in [-0.25, -0.2) is 4.39 Å². The van der Waals surface area contributed by atoms with Crippen LogP contribution in [-0.2, 0) is 21.1 Å². The molecule has 0 amide bonds. The van der Waals surface area contributed by atoms with Gasteiger partial charge in [-0.05, 0) is 30.2 Å². The SMILES string of the molecule is COc1cc(-c2cccc(C(F)(F)F)c2)c(F)cc1N1CCO[C@H]2CN(S(=O)(=O)Nc3ccon3)CC[C@@H]21. The highest BCUT2D eigenvalue weighted by molar-refractivity contribution is 7.90. The Balaban J connectivity index is 1.40. The van der Waals surface area contributed by atoms with Crippen molar-refractivity contribution in [1.29, 1.82) is 0 Å². The van der Waals surface area contributed by atoms with E-state index in [4.69, 9.17) is 9.47 Å². The van der Waals surface area contributed by atoms with E-state index in [1.807, 2.05) is 4.90 Å². The highest BCUT2D eigenvalue weighted by Crippen LogP contribution is 2.40. The molecule has 14 heteroatoms. The number of hydrogen-bond donors (Lipinski definition) is 1. The van der Waals surface area contributed by atoms with Gasteiger partial charge in [0, 0.05) is 37.3 Å². The number of halogens is 4. The van der Waals surface area contributed by atoms with Gasteiger partial charge in [0.25, 0.3) is 0 Å². The Bertz CT molecular complexity index is 1400. The highest BCUT2D eigenvalue weighted by Gasteiger charge is 2.41. The zero-order valence-corrected chi connectivity index (χ0v) is 20.9. The lowest BCUT2D eigenvalue weighted by Gasteiger charge is -2.47. The van der Waals surface area contributed by atoms with E-state index >= 15 is 4.39 Å². The fourth-order valence-corrected chi connectivity index (χ4v) is 6.05. The number of morpholine rings is 1. The third-order valence-corrected chi connectivity index (χ3v) is 8.12. The number of nitrogens with zero attached hydrogens (tertiary/aromatic N) is 3. The summed E-state index contributed by atoms with van der Waals surface area (Å²) in [5.74, 6) is -0.374. The quantitative estimate of drug-likeness (QED) is 0.456. The van der Waals surface area contributed by atoms with Crippen molar-refractivity contribution in [3.63, 3.8) is 0 Å². The summed E-state index contributed by atoms with van der Waals surface area (Å²) in [6, 6.07) is 8.17. The topological polar surface area (TPSA) is 97.1 Å². The van der Waals surface area contributed by atoms with E-state index < -0.39 is 33.9 Å². The van der Waals surface area contributed by atoms with Crippen LogP contribution in [0, 0.1) is 5.82 Å². The van der Waals surface area contributed by atoms with Gasteiger partial charge in [0.15, 0.2) is 5.82 Å². The van der Waals surface area contributed by atoms with Crippen molar-refractivity contribution in [2.75, 3.05) is 43.0 Å². The minimum atomic E-state index is -4.56. The molecule has 0 aliphatic carbocycles. The molecule has 0 saturated carbocycles. The summed E-state index contributed by atoms with van der Waals surface area (Å²) in [4.78, 5) is 1.90. The Hall–Kier alpha value is -3.36. The van der Waals surface area contributed by atoms with Crippen LogP contribution in [0.2, 0.25) is 0 Å². The van der Waals surface area contributed by atoms with Crippen LogP contribution in [0.1, 0.15) is 12.0 Å². The standard InChI is InChI=1S/C24H24F4N4O5S/c1-35-21-12-17(15-3-2-4-16(11-15)24(26,27)28)18(25)13-20(21)32-8-10-36-22-14-31(7-5-19(22)32)38(33,34)30-23-6-9-37-29-23/h2-4,6,9,11-13,19,22H,5,7-8,10,14H2,1H3,(H,29,30)/t19-,22-/m0/s1. The van der Waals surface area contributed by atoms with Gasteiger partial charge in [-0.15, -0.1) is 0 Å². The number of benzene rings is 2.